The van der Waals surface area contributed by atoms with Gasteiger partial charge in [-0.1, -0.05) is 16.6 Å². The lowest BCUT2D eigenvalue weighted by Gasteiger charge is -2.06. The maximum Gasteiger partial charge on any atom is 0.269 e. The van der Waals surface area contributed by atoms with E-state index in [2.05, 4.69) is 21.0 Å². The van der Waals surface area contributed by atoms with E-state index in [0.29, 0.717) is 5.92 Å². The Labute approximate surface area is 113 Å². The lowest BCUT2D eigenvalue weighted by atomic mass is 10.1. The van der Waals surface area contributed by atoms with Gasteiger partial charge >= 0.3 is 0 Å². The number of amides is 1. The molecule has 98 valence electrons. The van der Waals surface area contributed by atoms with Crippen LogP contribution in [0.1, 0.15) is 39.7 Å². The third-order valence-electron chi connectivity index (χ3n) is 3.08. The fourth-order valence-corrected chi connectivity index (χ4v) is 2.50. The van der Waals surface area contributed by atoms with Crippen molar-refractivity contribution in [3.63, 3.8) is 0 Å². The van der Waals surface area contributed by atoms with Crippen molar-refractivity contribution < 1.29 is 9.18 Å². The predicted molar refractivity (Wildman–Crippen MR) is 71.1 cm³/mol. The third kappa shape index (κ3) is 2.63. The molecule has 1 aromatic heterocycles. The first-order valence-corrected chi connectivity index (χ1v) is 6.84. The summed E-state index contributed by atoms with van der Waals surface area (Å²) >= 11 is 0.911. The van der Waals surface area contributed by atoms with E-state index in [1.165, 1.54) is 18.4 Å². The summed E-state index contributed by atoms with van der Waals surface area (Å²) in [7, 11) is 0. The second-order valence-corrected chi connectivity index (χ2v) is 5.29. The minimum Gasteiger partial charge on any atom is -0.321 e. The molecular formula is C13H12FN3OS. The van der Waals surface area contributed by atoms with Gasteiger partial charge in [0.1, 0.15) is 17.2 Å². The van der Waals surface area contributed by atoms with Gasteiger partial charge in [-0.3, -0.25) is 4.79 Å². The molecule has 0 aliphatic heterocycles. The highest BCUT2D eigenvalue weighted by Gasteiger charge is 2.23. The number of alkyl halides is 1. The smallest absolute Gasteiger partial charge is 0.269 e. The Morgan fingerprint density at radius 2 is 2.32 bits per heavy atom. The highest BCUT2D eigenvalue weighted by molar-refractivity contribution is 7.08. The van der Waals surface area contributed by atoms with Crippen molar-refractivity contribution in [3.8, 4) is 0 Å². The van der Waals surface area contributed by atoms with Crippen LogP contribution in [0.2, 0.25) is 0 Å². The molecule has 1 heterocycles. The first kappa shape index (κ1) is 12.2. The van der Waals surface area contributed by atoms with E-state index in [1.54, 1.807) is 0 Å². The Morgan fingerprint density at radius 3 is 3.05 bits per heavy atom. The number of anilines is 1. The molecule has 0 bridgehead atoms. The first-order chi connectivity index (χ1) is 9.28. The van der Waals surface area contributed by atoms with E-state index in [-0.39, 0.29) is 16.5 Å². The maximum atomic E-state index is 12.6. The number of halogens is 1. The molecule has 3 rings (SSSR count). The fraction of sp³-hybridized carbons (Fsp3) is 0.308. The highest BCUT2D eigenvalue weighted by Crippen LogP contribution is 2.40. The van der Waals surface area contributed by atoms with Gasteiger partial charge in [-0.15, -0.1) is 5.10 Å². The molecule has 1 saturated carbocycles. The number of rotatable bonds is 4. The van der Waals surface area contributed by atoms with Crippen LogP contribution in [0.15, 0.2) is 24.3 Å². The summed E-state index contributed by atoms with van der Waals surface area (Å²) < 4.78 is 16.2. The molecule has 1 fully saturated rings. The van der Waals surface area contributed by atoms with Gasteiger partial charge in [0.25, 0.3) is 5.91 Å². The average Bonchev–Trinajstić information content (AvgIpc) is 3.16. The Hall–Kier alpha value is -1.82. The summed E-state index contributed by atoms with van der Waals surface area (Å²) in [6, 6.07) is 7.78. The summed E-state index contributed by atoms with van der Waals surface area (Å²) in [5, 5.41) is 6.35. The van der Waals surface area contributed by atoms with Gasteiger partial charge in [-0.2, -0.15) is 0 Å². The molecule has 1 aliphatic carbocycles. The normalized spacial score (nSPS) is 14.4. The number of nitrogens with zero attached hydrogens (tertiary/aromatic N) is 2. The van der Waals surface area contributed by atoms with Gasteiger partial charge < -0.3 is 5.32 Å². The number of carbonyl (C=O) groups excluding carboxylic acids is 1. The summed E-state index contributed by atoms with van der Waals surface area (Å²) in [6.45, 7) is -0.776. The molecule has 0 spiro atoms. The lowest BCUT2D eigenvalue weighted by Crippen LogP contribution is -2.12. The van der Waals surface area contributed by atoms with Crippen molar-refractivity contribution in [2.45, 2.75) is 25.4 Å². The molecule has 0 saturated heterocycles. The first-order valence-electron chi connectivity index (χ1n) is 6.06. The molecule has 0 atom stereocenters. The lowest BCUT2D eigenvalue weighted by molar-refractivity contribution is 0.102. The van der Waals surface area contributed by atoms with Gasteiger partial charge in [0.2, 0.25) is 0 Å². The van der Waals surface area contributed by atoms with Crippen molar-refractivity contribution in [1.82, 2.24) is 9.59 Å². The van der Waals surface area contributed by atoms with E-state index in [4.69, 9.17) is 0 Å². The minimum atomic E-state index is -0.776. The molecule has 1 aliphatic rings. The SMILES string of the molecule is O=C(Nc1cccc(C2CC2)c1)c1snnc1CF. The predicted octanol–water partition coefficient (Wildman–Crippen LogP) is 3.14. The Balaban J connectivity index is 1.77. The quantitative estimate of drug-likeness (QED) is 0.934. The highest BCUT2D eigenvalue weighted by atomic mass is 32.1. The van der Waals surface area contributed by atoms with Gasteiger partial charge in [-0.25, -0.2) is 4.39 Å². The molecule has 1 aromatic carbocycles. The van der Waals surface area contributed by atoms with Gasteiger partial charge in [0.05, 0.1) is 0 Å². The van der Waals surface area contributed by atoms with Crippen molar-refractivity contribution in [2.24, 2.45) is 0 Å². The van der Waals surface area contributed by atoms with E-state index in [9.17, 15) is 9.18 Å². The van der Waals surface area contributed by atoms with Gasteiger partial charge in [0, 0.05) is 5.69 Å². The molecule has 19 heavy (non-hydrogen) atoms. The second-order valence-electron chi connectivity index (χ2n) is 4.54. The Bertz CT molecular complexity index is 609. The maximum absolute atomic E-state index is 12.6. The largest absolute Gasteiger partial charge is 0.321 e. The van der Waals surface area contributed by atoms with Crippen LogP contribution in [-0.4, -0.2) is 15.5 Å². The van der Waals surface area contributed by atoms with Gasteiger partial charge in [-0.05, 0) is 48.0 Å². The van der Waals surface area contributed by atoms with Crippen LogP contribution in [-0.2, 0) is 6.67 Å². The molecular weight excluding hydrogens is 265 g/mol. The number of hydrogen-bond donors (Lipinski definition) is 1. The van der Waals surface area contributed by atoms with Crippen molar-refractivity contribution >= 4 is 23.1 Å². The van der Waals surface area contributed by atoms with Gasteiger partial charge in [0.15, 0.2) is 0 Å². The fourth-order valence-electron chi connectivity index (χ4n) is 1.94. The molecule has 1 amide bonds. The molecule has 6 heteroatoms. The zero-order chi connectivity index (χ0) is 13.2. The van der Waals surface area contributed by atoms with Crippen LogP contribution in [0, 0.1) is 0 Å². The van der Waals surface area contributed by atoms with E-state index in [1.807, 2.05) is 18.2 Å². The van der Waals surface area contributed by atoms with Crippen molar-refractivity contribution in [2.75, 3.05) is 5.32 Å². The van der Waals surface area contributed by atoms with E-state index in [0.717, 1.165) is 17.2 Å². The van der Waals surface area contributed by atoms with Crippen LogP contribution in [0.5, 0.6) is 0 Å². The zero-order valence-corrected chi connectivity index (χ0v) is 10.9. The molecule has 0 radical (unpaired) electrons. The van der Waals surface area contributed by atoms with E-state index >= 15 is 0 Å². The minimum absolute atomic E-state index is 0.0980. The number of carbonyl (C=O) groups is 1. The van der Waals surface area contributed by atoms with Crippen LogP contribution in [0.25, 0.3) is 0 Å². The summed E-state index contributed by atoms with van der Waals surface area (Å²) in [4.78, 5) is 12.2. The monoisotopic (exact) mass is 277 g/mol. The molecule has 1 N–H and O–H groups in total. The number of benzene rings is 1. The molecule has 0 unspecified atom stereocenters. The number of aromatic nitrogens is 2. The van der Waals surface area contributed by atoms with Crippen LogP contribution in [0.3, 0.4) is 0 Å². The Morgan fingerprint density at radius 1 is 1.47 bits per heavy atom. The van der Waals surface area contributed by atoms with E-state index < -0.39 is 6.67 Å². The zero-order valence-electron chi connectivity index (χ0n) is 10.1. The third-order valence-corrected chi connectivity index (χ3v) is 3.85. The van der Waals surface area contributed by atoms with Crippen LogP contribution < -0.4 is 5.32 Å². The second kappa shape index (κ2) is 5.05. The molecule has 4 nitrogen and oxygen atoms in total. The average molecular weight is 277 g/mol. The molecule has 2 aromatic rings. The Kier molecular flexibility index (Phi) is 3.25. The van der Waals surface area contributed by atoms with Crippen molar-refractivity contribution in [1.29, 1.82) is 0 Å². The summed E-state index contributed by atoms with van der Waals surface area (Å²) in [5.41, 5.74) is 2.07. The number of nitrogens with one attached hydrogen (secondary N) is 1. The van der Waals surface area contributed by atoms with Crippen molar-refractivity contribution in [3.05, 3.63) is 40.4 Å². The topological polar surface area (TPSA) is 54.9 Å². The van der Waals surface area contributed by atoms with Crippen LogP contribution in [0.4, 0.5) is 10.1 Å². The summed E-state index contributed by atoms with van der Waals surface area (Å²) in [5.74, 6) is 0.277. The number of hydrogen-bond acceptors (Lipinski definition) is 4. The standard InChI is InChI=1S/C13H12FN3OS/c14-7-11-12(19-17-16-11)13(18)15-10-3-1-2-9(6-10)8-4-5-8/h1-3,6,8H,4-5,7H2,(H,15,18). The van der Waals surface area contributed by atoms with Crippen LogP contribution >= 0.6 is 11.5 Å². The summed E-state index contributed by atoms with van der Waals surface area (Å²) in [6.07, 6.45) is 2.42.